The topological polar surface area (TPSA) is 103 Å². The second-order valence-electron chi connectivity index (χ2n) is 5.25. The highest BCUT2D eigenvalue weighted by molar-refractivity contribution is 5.93. The summed E-state index contributed by atoms with van der Waals surface area (Å²) in [5.74, 6) is -0.107. The fourth-order valence-electron chi connectivity index (χ4n) is 2.37. The van der Waals surface area contributed by atoms with Crippen LogP contribution in [0.1, 0.15) is 11.4 Å². The van der Waals surface area contributed by atoms with Gasteiger partial charge in [-0.3, -0.25) is 19.7 Å². The standard InChI is InChI=1S/C16H17N3O5/c1-10-6-12(20)7-11(2)18(10)9-16(21)17-14-5-4-13(24-3)8-15(14)19(22)23/h4-8H,9H2,1-3H3,(H,17,21). The van der Waals surface area contributed by atoms with Crippen LogP contribution in [0, 0.1) is 24.0 Å². The van der Waals surface area contributed by atoms with Crippen LogP contribution in [-0.4, -0.2) is 22.5 Å². The number of aryl methyl sites for hydroxylation is 2. The number of hydrogen-bond donors (Lipinski definition) is 1. The zero-order chi connectivity index (χ0) is 17.9. The van der Waals surface area contributed by atoms with Crippen LogP contribution in [0.5, 0.6) is 5.75 Å². The lowest BCUT2D eigenvalue weighted by molar-refractivity contribution is -0.384. The number of carbonyl (C=O) groups excluding carboxylic acids is 1. The van der Waals surface area contributed by atoms with Crippen LogP contribution >= 0.6 is 0 Å². The third kappa shape index (κ3) is 3.78. The molecule has 2 aromatic rings. The molecule has 0 saturated heterocycles. The maximum absolute atomic E-state index is 12.2. The Kier molecular flexibility index (Phi) is 4.98. The first-order chi connectivity index (χ1) is 11.3. The second-order valence-corrected chi connectivity index (χ2v) is 5.25. The van der Waals surface area contributed by atoms with Gasteiger partial charge in [0, 0.05) is 23.5 Å². The minimum absolute atomic E-state index is 0.0544. The number of nitro groups is 1. The van der Waals surface area contributed by atoms with Gasteiger partial charge in [-0.25, -0.2) is 0 Å². The van der Waals surface area contributed by atoms with Gasteiger partial charge in [-0.15, -0.1) is 0 Å². The van der Waals surface area contributed by atoms with Crippen LogP contribution in [0.15, 0.2) is 35.1 Å². The number of aromatic nitrogens is 1. The number of methoxy groups -OCH3 is 1. The van der Waals surface area contributed by atoms with Gasteiger partial charge in [0.15, 0.2) is 5.43 Å². The van der Waals surface area contributed by atoms with Crippen molar-refractivity contribution in [2.24, 2.45) is 0 Å². The zero-order valence-corrected chi connectivity index (χ0v) is 13.5. The van der Waals surface area contributed by atoms with Gasteiger partial charge in [0.05, 0.1) is 18.1 Å². The molecular weight excluding hydrogens is 314 g/mol. The summed E-state index contributed by atoms with van der Waals surface area (Å²) in [6, 6.07) is 7.04. The molecule has 0 aliphatic rings. The molecule has 0 atom stereocenters. The Bertz CT molecular complexity index is 831. The maximum Gasteiger partial charge on any atom is 0.296 e. The number of carbonyl (C=O) groups is 1. The fraction of sp³-hybridized carbons (Fsp3) is 0.250. The van der Waals surface area contributed by atoms with Gasteiger partial charge >= 0.3 is 0 Å². The quantitative estimate of drug-likeness (QED) is 0.667. The van der Waals surface area contributed by atoms with E-state index in [1.165, 1.54) is 37.4 Å². The van der Waals surface area contributed by atoms with Gasteiger partial charge in [0.1, 0.15) is 18.0 Å². The molecule has 2 rings (SSSR count). The smallest absolute Gasteiger partial charge is 0.296 e. The van der Waals surface area contributed by atoms with Crippen molar-refractivity contribution < 1.29 is 14.5 Å². The Hall–Kier alpha value is -3.16. The van der Waals surface area contributed by atoms with E-state index in [1.807, 2.05) is 0 Å². The first kappa shape index (κ1) is 17.2. The number of nitrogens with zero attached hydrogens (tertiary/aromatic N) is 2. The number of ether oxygens (including phenoxy) is 1. The molecule has 0 unspecified atom stereocenters. The highest BCUT2D eigenvalue weighted by Gasteiger charge is 2.17. The molecule has 0 fully saturated rings. The molecule has 0 radical (unpaired) electrons. The molecule has 0 bridgehead atoms. The van der Waals surface area contributed by atoms with E-state index in [-0.39, 0.29) is 23.3 Å². The van der Waals surface area contributed by atoms with Crippen molar-refractivity contribution in [1.29, 1.82) is 0 Å². The van der Waals surface area contributed by atoms with Gasteiger partial charge in [-0.1, -0.05) is 0 Å². The predicted octanol–water partition coefficient (Wildman–Crippen LogP) is 2.02. The number of amides is 1. The van der Waals surface area contributed by atoms with Crippen LogP contribution in [0.4, 0.5) is 11.4 Å². The fourth-order valence-corrected chi connectivity index (χ4v) is 2.37. The molecule has 8 heteroatoms. The Morgan fingerprint density at radius 3 is 2.42 bits per heavy atom. The van der Waals surface area contributed by atoms with E-state index in [0.29, 0.717) is 17.1 Å². The molecule has 1 N–H and O–H groups in total. The molecule has 1 amide bonds. The first-order valence-corrected chi connectivity index (χ1v) is 7.12. The molecule has 0 saturated carbocycles. The molecule has 24 heavy (non-hydrogen) atoms. The van der Waals surface area contributed by atoms with Crippen LogP contribution in [0.3, 0.4) is 0 Å². The highest BCUT2D eigenvalue weighted by Crippen LogP contribution is 2.28. The van der Waals surface area contributed by atoms with Crippen molar-refractivity contribution in [3.63, 3.8) is 0 Å². The van der Waals surface area contributed by atoms with E-state index in [0.717, 1.165) is 0 Å². The van der Waals surface area contributed by atoms with Crippen LogP contribution in [0.2, 0.25) is 0 Å². The summed E-state index contributed by atoms with van der Waals surface area (Å²) in [5.41, 5.74) is 0.976. The minimum atomic E-state index is -0.589. The second kappa shape index (κ2) is 6.95. The molecule has 126 valence electrons. The molecule has 8 nitrogen and oxygen atoms in total. The molecule has 0 aliphatic heterocycles. The number of nitrogens with one attached hydrogen (secondary N) is 1. The number of anilines is 1. The minimum Gasteiger partial charge on any atom is -0.496 e. The Balaban J connectivity index is 2.25. The van der Waals surface area contributed by atoms with Crippen molar-refractivity contribution in [3.05, 3.63) is 62.1 Å². The molecule has 0 aliphatic carbocycles. The molecule has 1 aromatic heterocycles. The zero-order valence-electron chi connectivity index (χ0n) is 13.5. The summed E-state index contributed by atoms with van der Waals surface area (Å²) in [4.78, 5) is 34.2. The van der Waals surface area contributed by atoms with Crippen molar-refractivity contribution in [1.82, 2.24) is 4.57 Å². The lowest BCUT2D eigenvalue weighted by atomic mass is 10.2. The number of rotatable bonds is 5. The van der Waals surface area contributed by atoms with Crippen molar-refractivity contribution in [2.75, 3.05) is 12.4 Å². The summed E-state index contributed by atoms with van der Waals surface area (Å²) in [7, 11) is 1.40. The summed E-state index contributed by atoms with van der Waals surface area (Å²) >= 11 is 0. The Morgan fingerprint density at radius 2 is 1.88 bits per heavy atom. The number of benzene rings is 1. The maximum atomic E-state index is 12.2. The van der Waals surface area contributed by atoms with E-state index in [9.17, 15) is 19.7 Å². The number of hydrogen-bond acceptors (Lipinski definition) is 5. The third-order valence-electron chi connectivity index (χ3n) is 3.53. The van der Waals surface area contributed by atoms with Gasteiger partial charge in [-0.05, 0) is 26.0 Å². The van der Waals surface area contributed by atoms with E-state index in [4.69, 9.17) is 4.74 Å². The average Bonchev–Trinajstić information content (AvgIpc) is 2.51. The SMILES string of the molecule is COc1ccc(NC(=O)Cn2c(C)cc(=O)cc2C)c([N+](=O)[O-])c1. The molecular formula is C16H17N3O5. The van der Waals surface area contributed by atoms with Crippen molar-refractivity contribution >= 4 is 17.3 Å². The summed E-state index contributed by atoms with van der Waals surface area (Å²) in [5, 5.41) is 13.7. The van der Waals surface area contributed by atoms with Crippen molar-refractivity contribution in [3.8, 4) is 5.75 Å². The van der Waals surface area contributed by atoms with E-state index < -0.39 is 10.8 Å². The average molecular weight is 331 g/mol. The van der Waals surface area contributed by atoms with E-state index in [1.54, 1.807) is 18.4 Å². The van der Waals surface area contributed by atoms with Crippen LogP contribution in [0.25, 0.3) is 0 Å². The Labute approximate surface area is 137 Å². The summed E-state index contributed by atoms with van der Waals surface area (Å²) in [6.07, 6.45) is 0. The summed E-state index contributed by atoms with van der Waals surface area (Å²) in [6.45, 7) is 3.39. The lowest BCUT2D eigenvalue weighted by Crippen LogP contribution is -2.23. The highest BCUT2D eigenvalue weighted by atomic mass is 16.6. The first-order valence-electron chi connectivity index (χ1n) is 7.12. The van der Waals surface area contributed by atoms with Gasteiger partial charge < -0.3 is 14.6 Å². The largest absolute Gasteiger partial charge is 0.496 e. The Morgan fingerprint density at radius 1 is 1.25 bits per heavy atom. The predicted molar refractivity (Wildman–Crippen MR) is 88.5 cm³/mol. The van der Waals surface area contributed by atoms with Crippen LogP contribution < -0.4 is 15.5 Å². The van der Waals surface area contributed by atoms with Crippen molar-refractivity contribution in [2.45, 2.75) is 20.4 Å². The van der Waals surface area contributed by atoms with Gasteiger partial charge in [0.25, 0.3) is 5.69 Å². The van der Waals surface area contributed by atoms with Gasteiger partial charge in [-0.2, -0.15) is 0 Å². The molecule has 1 heterocycles. The summed E-state index contributed by atoms with van der Waals surface area (Å²) < 4.78 is 6.61. The normalized spacial score (nSPS) is 10.3. The van der Waals surface area contributed by atoms with Gasteiger partial charge in [0.2, 0.25) is 5.91 Å². The van der Waals surface area contributed by atoms with E-state index in [2.05, 4.69) is 5.32 Å². The molecule has 1 aromatic carbocycles. The van der Waals surface area contributed by atoms with Crippen LogP contribution in [-0.2, 0) is 11.3 Å². The number of pyridine rings is 1. The monoisotopic (exact) mass is 331 g/mol. The third-order valence-corrected chi connectivity index (χ3v) is 3.53. The molecule has 0 spiro atoms. The van der Waals surface area contributed by atoms with E-state index >= 15 is 0 Å². The lowest BCUT2D eigenvalue weighted by Gasteiger charge is -2.14. The number of nitro benzene ring substituents is 1.